The Kier molecular flexibility index (Phi) is 7.96. The van der Waals surface area contributed by atoms with Crippen LogP contribution in [0.1, 0.15) is 43.6 Å². The van der Waals surface area contributed by atoms with Gasteiger partial charge in [0, 0.05) is 17.9 Å². The van der Waals surface area contributed by atoms with Gasteiger partial charge in [-0.3, -0.25) is 10.1 Å². The van der Waals surface area contributed by atoms with Crippen LogP contribution in [0.2, 0.25) is 0 Å². The number of thiocarbonyl (C=S) groups is 1. The Morgan fingerprint density at radius 2 is 1.64 bits per heavy atom. The second kappa shape index (κ2) is 10.2. The van der Waals surface area contributed by atoms with Crippen molar-refractivity contribution in [1.29, 1.82) is 0 Å². The average Bonchev–Trinajstić information content (AvgIpc) is 2.66. The molecule has 1 amide bonds. The minimum Gasteiger partial charge on any atom is -0.491 e. The van der Waals surface area contributed by atoms with Gasteiger partial charge in [0.25, 0.3) is 5.91 Å². The van der Waals surface area contributed by atoms with Gasteiger partial charge < -0.3 is 14.8 Å². The molecule has 5 nitrogen and oxygen atoms in total. The van der Waals surface area contributed by atoms with Gasteiger partial charge in [0.15, 0.2) is 5.11 Å². The molecule has 0 saturated heterocycles. The fourth-order valence-corrected chi connectivity index (χ4v) is 2.67. The summed E-state index contributed by atoms with van der Waals surface area (Å²) in [6.07, 6.45) is 0. The molecule has 0 heterocycles. The molecule has 0 bridgehead atoms. The lowest BCUT2D eigenvalue weighted by Gasteiger charge is -2.19. The number of hydrogen-bond acceptors (Lipinski definition) is 4. The Morgan fingerprint density at radius 3 is 2.21 bits per heavy atom. The number of carbonyl (C=O) groups excluding carboxylic acids is 1. The first-order valence-electron chi connectivity index (χ1n) is 9.33. The average molecular weight is 401 g/mol. The van der Waals surface area contributed by atoms with E-state index in [4.69, 9.17) is 21.7 Å². The highest BCUT2D eigenvalue weighted by atomic mass is 32.1. The normalized spacial score (nSPS) is 11.0. The molecule has 150 valence electrons. The van der Waals surface area contributed by atoms with Gasteiger partial charge in [-0.1, -0.05) is 32.9 Å². The Bertz CT molecular complexity index is 781. The lowest BCUT2D eigenvalue weighted by molar-refractivity contribution is 0.0977. The molecule has 0 unspecified atom stereocenters. The first-order chi connectivity index (χ1) is 13.3. The van der Waals surface area contributed by atoms with Gasteiger partial charge in [0.1, 0.15) is 12.4 Å². The second-order valence-corrected chi connectivity index (χ2v) is 7.71. The molecule has 0 aliphatic carbocycles. The molecular formula is C22H28N2O3S. The number of amides is 1. The molecule has 0 aromatic heterocycles. The van der Waals surface area contributed by atoms with Crippen LogP contribution < -0.4 is 15.4 Å². The van der Waals surface area contributed by atoms with Crippen LogP contribution in [0, 0.1) is 0 Å². The van der Waals surface area contributed by atoms with Crippen LogP contribution >= 0.6 is 12.2 Å². The van der Waals surface area contributed by atoms with Crippen molar-refractivity contribution in [3.05, 3.63) is 59.7 Å². The van der Waals surface area contributed by atoms with E-state index in [0.29, 0.717) is 25.4 Å². The Balaban J connectivity index is 1.85. The molecule has 0 radical (unpaired) electrons. The molecule has 0 spiro atoms. The van der Waals surface area contributed by atoms with E-state index in [9.17, 15) is 4.79 Å². The van der Waals surface area contributed by atoms with E-state index in [2.05, 4.69) is 31.4 Å². The zero-order chi connectivity index (χ0) is 20.6. The lowest BCUT2D eigenvalue weighted by atomic mass is 9.87. The van der Waals surface area contributed by atoms with Crippen molar-refractivity contribution < 1.29 is 14.3 Å². The minimum atomic E-state index is -0.242. The summed E-state index contributed by atoms with van der Waals surface area (Å²) in [6.45, 7) is 10.1. The van der Waals surface area contributed by atoms with E-state index < -0.39 is 0 Å². The number of ether oxygens (including phenoxy) is 2. The molecule has 6 heteroatoms. The number of rotatable bonds is 7. The predicted molar refractivity (Wildman–Crippen MR) is 117 cm³/mol. The Hall–Kier alpha value is -2.44. The van der Waals surface area contributed by atoms with E-state index in [1.165, 1.54) is 5.56 Å². The number of hydrogen-bond donors (Lipinski definition) is 2. The van der Waals surface area contributed by atoms with Gasteiger partial charge in [0.2, 0.25) is 0 Å². The van der Waals surface area contributed by atoms with E-state index in [1.54, 1.807) is 0 Å². The largest absolute Gasteiger partial charge is 0.491 e. The summed E-state index contributed by atoms with van der Waals surface area (Å²) in [5.41, 5.74) is 2.55. The van der Waals surface area contributed by atoms with Crippen molar-refractivity contribution in [1.82, 2.24) is 5.32 Å². The van der Waals surface area contributed by atoms with Crippen molar-refractivity contribution in [3.63, 3.8) is 0 Å². The molecule has 0 atom stereocenters. The molecule has 2 aromatic carbocycles. The second-order valence-electron chi connectivity index (χ2n) is 7.31. The lowest BCUT2D eigenvalue weighted by Crippen LogP contribution is -2.34. The summed E-state index contributed by atoms with van der Waals surface area (Å²) in [6, 6.07) is 14.9. The standard InChI is InChI=1S/C22H28N2O3S/c1-5-26-14-15-27-19-12-10-18(11-13-19)23-21(28)24-20(25)16-6-8-17(9-7-16)22(2,3)4/h6-13H,5,14-15H2,1-4H3,(H2,23,24,25,28). The Morgan fingerprint density at radius 1 is 1.00 bits per heavy atom. The fraction of sp³-hybridized carbons (Fsp3) is 0.364. The van der Waals surface area contributed by atoms with Gasteiger partial charge in [-0.25, -0.2) is 0 Å². The molecule has 0 aliphatic heterocycles. The number of carbonyl (C=O) groups is 1. The highest BCUT2D eigenvalue weighted by molar-refractivity contribution is 7.80. The van der Waals surface area contributed by atoms with E-state index in [1.807, 2.05) is 55.5 Å². The molecule has 0 aliphatic rings. The van der Waals surface area contributed by atoms with Crippen LogP contribution in [0.4, 0.5) is 5.69 Å². The summed E-state index contributed by atoms with van der Waals surface area (Å²) < 4.78 is 10.8. The third-order valence-electron chi connectivity index (χ3n) is 4.05. The van der Waals surface area contributed by atoms with Crippen LogP contribution in [0.5, 0.6) is 5.75 Å². The van der Waals surface area contributed by atoms with Crippen LogP contribution in [-0.4, -0.2) is 30.8 Å². The third-order valence-corrected chi connectivity index (χ3v) is 4.26. The van der Waals surface area contributed by atoms with E-state index >= 15 is 0 Å². The molecule has 28 heavy (non-hydrogen) atoms. The summed E-state index contributed by atoms with van der Waals surface area (Å²) in [4.78, 5) is 12.4. The van der Waals surface area contributed by atoms with Crippen molar-refractivity contribution in [2.24, 2.45) is 0 Å². The molecule has 2 aromatic rings. The smallest absolute Gasteiger partial charge is 0.257 e. The maximum atomic E-state index is 12.4. The summed E-state index contributed by atoms with van der Waals surface area (Å²) in [7, 11) is 0. The van der Waals surface area contributed by atoms with Crippen LogP contribution in [0.25, 0.3) is 0 Å². The van der Waals surface area contributed by atoms with Gasteiger partial charge in [-0.05, 0) is 66.5 Å². The van der Waals surface area contributed by atoms with E-state index in [0.717, 1.165) is 11.4 Å². The molecule has 0 fully saturated rings. The van der Waals surface area contributed by atoms with Gasteiger partial charge in [-0.2, -0.15) is 0 Å². The van der Waals surface area contributed by atoms with Crippen LogP contribution in [-0.2, 0) is 10.2 Å². The first-order valence-corrected chi connectivity index (χ1v) is 9.74. The van der Waals surface area contributed by atoms with Crippen molar-refractivity contribution in [2.45, 2.75) is 33.1 Å². The molecule has 2 N–H and O–H groups in total. The number of benzene rings is 2. The summed E-state index contributed by atoms with van der Waals surface area (Å²) in [5, 5.41) is 5.95. The molecular weight excluding hydrogens is 372 g/mol. The topological polar surface area (TPSA) is 59.6 Å². The van der Waals surface area contributed by atoms with Crippen molar-refractivity contribution in [3.8, 4) is 5.75 Å². The van der Waals surface area contributed by atoms with Crippen molar-refractivity contribution in [2.75, 3.05) is 25.1 Å². The first kappa shape index (κ1) is 21.9. The number of nitrogens with one attached hydrogen (secondary N) is 2. The fourth-order valence-electron chi connectivity index (χ4n) is 2.46. The SMILES string of the molecule is CCOCCOc1ccc(NC(=S)NC(=O)c2ccc(C(C)(C)C)cc2)cc1. The minimum absolute atomic E-state index is 0.0464. The highest BCUT2D eigenvalue weighted by Gasteiger charge is 2.14. The quantitative estimate of drug-likeness (QED) is 0.528. The highest BCUT2D eigenvalue weighted by Crippen LogP contribution is 2.22. The monoisotopic (exact) mass is 400 g/mol. The molecule has 0 saturated carbocycles. The zero-order valence-electron chi connectivity index (χ0n) is 16.9. The predicted octanol–water partition coefficient (Wildman–Crippen LogP) is 4.53. The third kappa shape index (κ3) is 6.94. The summed E-state index contributed by atoms with van der Waals surface area (Å²) in [5.74, 6) is 0.507. The van der Waals surface area contributed by atoms with Gasteiger partial charge in [0.05, 0.1) is 6.61 Å². The van der Waals surface area contributed by atoms with E-state index in [-0.39, 0.29) is 16.4 Å². The van der Waals surface area contributed by atoms with Gasteiger partial charge >= 0.3 is 0 Å². The van der Waals surface area contributed by atoms with Gasteiger partial charge in [-0.15, -0.1) is 0 Å². The maximum absolute atomic E-state index is 12.4. The number of anilines is 1. The Labute approximate surface area is 172 Å². The maximum Gasteiger partial charge on any atom is 0.257 e. The van der Waals surface area contributed by atoms with Crippen LogP contribution in [0.3, 0.4) is 0 Å². The zero-order valence-corrected chi connectivity index (χ0v) is 17.7. The summed E-state index contributed by atoms with van der Waals surface area (Å²) >= 11 is 5.24. The molecule has 2 rings (SSSR count). The van der Waals surface area contributed by atoms with Crippen LogP contribution in [0.15, 0.2) is 48.5 Å². The van der Waals surface area contributed by atoms with Crippen molar-refractivity contribution >= 4 is 28.9 Å².